The number of allylic oxidation sites excluding steroid dienone is 2. The Hall–Kier alpha value is -2.20. The van der Waals surface area contributed by atoms with E-state index in [0.29, 0.717) is 50.6 Å². The average Bonchev–Trinajstić information content (AvgIpc) is 3.53. The summed E-state index contributed by atoms with van der Waals surface area (Å²) in [7, 11) is 5.75. The summed E-state index contributed by atoms with van der Waals surface area (Å²) in [5.74, 6) is 0.980. The zero-order chi connectivity index (χ0) is 39.1. The second kappa shape index (κ2) is 15.1. The Kier molecular flexibility index (Phi) is 10.6. The Balaban J connectivity index is 1.12. The highest BCUT2D eigenvalue weighted by Gasteiger charge is 2.69. The number of aliphatic hydroxyl groups excluding tert-OH is 1. The van der Waals surface area contributed by atoms with Gasteiger partial charge in [-0.2, -0.15) is 0 Å². The van der Waals surface area contributed by atoms with Gasteiger partial charge in [0.05, 0.1) is 43.6 Å². The van der Waals surface area contributed by atoms with Crippen LogP contribution < -0.4 is 16.4 Å². The van der Waals surface area contributed by atoms with E-state index in [2.05, 4.69) is 28.7 Å². The normalized spacial score (nSPS) is 47.1. The first-order valence-electron chi connectivity index (χ1n) is 21.2. The Morgan fingerprint density at radius 3 is 2.80 bits per heavy atom. The van der Waals surface area contributed by atoms with Crippen molar-refractivity contribution in [2.24, 2.45) is 47.2 Å². The van der Waals surface area contributed by atoms with Crippen molar-refractivity contribution in [1.82, 2.24) is 4.90 Å². The largest absolute Gasteiger partial charge is 0.462 e. The second-order valence-corrected chi connectivity index (χ2v) is 21.1. The molecule has 9 rings (SSSR count). The molecule has 14 heteroatoms. The molecule has 12 nitrogen and oxygen atoms in total. The molecule has 7 unspecified atom stereocenters. The van der Waals surface area contributed by atoms with Crippen LogP contribution in [-0.4, -0.2) is 113 Å². The summed E-state index contributed by atoms with van der Waals surface area (Å²) in [5, 5.41) is 14.4. The molecule has 7 fully saturated rings. The van der Waals surface area contributed by atoms with Crippen LogP contribution in [0.25, 0.3) is 0 Å². The third-order valence-corrected chi connectivity index (χ3v) is 18.6. The minimum atomic E-state index is -1.05. The van der Waals surface area contributed by atoms with E-state index >= 15 is 0 Å². The highest BCUT2D eigenvalue weighted by Crippen LogP contribution is 2.62. The number of quaternary nitrogens is 2. The molecular formula is C42H60N4O8S2+2. The summed E-state index contributed by atoms with van der Waals surface area (Å²) in [4.78, 5) is 57.0. The van der Waals surface area contributed by atoms with E-state index in [0.717, 1.165) is 25.0 Å². The fraction of sp³-hybridized carbons (Fsp3) is 0.762. The topological polar surface area (TPSA) is 179 Å². The standard InChI is InChI=1S/C42H58N4O8S2/c1-4-21(10-12-47)40(51)54-41(2)11-9-23-20-55-56-32-15-27-29(48)7-6-28-36(38(27)44-3)39(32)46(28)34(49)14-25-19-45-33(43)16-26(25)37(23)42(41)18-24-13-22-5-8-35(50)52-30(22)17-31(24)53-42/h4,6-7,9,22,24-28,30-33,36-39,44-45,47H,5,8,10-20,43H2,1-3H3/p+2/t22?,24?,25?,26?,27-,28-,30?,31?,32-,33?,36+,37-,38-,39+,41-,42-/m0/s1. The monoisotopic (exact) mass is 812 g/mol. The van der Waals surface area contributed by atoms with Crippen molar-refractivity contribution < 1.29 is 49.1 Å². The number of ether oxygens (including phenoxy) is 3. The minimum absolute atomic E-state index is 0.00304. The zero-order valence-corrected chi connectivity index (χ0v) is 34.5. The first-order chi connectivity index (χ1) is 27.0. The van der Waals surface area contributed by atoms with Crippen molar-refractivity contribution in [2.45, 2.75) is 131 Å². The van der Waals surface area contributed by atoms with Crippen LogP contribution in [0.15, 0.2) is 35.5 Å². The number of rotatable bonds is 5. The molecule has 2 saturated carbocycles. The quantitative estimate of drug-likeness (QED) is 0.137. The number of nitrogens with zero attached hydrogens (tertiary/aromatic N) is 1. The van der Waals surface area contributed by atoms with Crippen molar-refractivity contribution in [3.63, 3.8) is 0 Å². The van der Waals surface area contributed by atoms with Crippen molar-refractivity contribution in [1.29, 1.82) is 0 Å². The number of esters is 2. The summed E-state index contributed by atoms with van der Waals surface area (Å²) < 4.78 is 20.3. The van der Waals surface area contributed by atoms with Gasteiger partial charge in [-0.15, -0.1) is 0 Å². The fourth-order valence-electron chi connectivity index (χ4n) is 13.2. The molecule has 0 aromatic carbocycles. The molecule has 7 N–H and O–H groups in total. The van der Waals surface area contributed by atoms with E-state index in [9.17, 15) is 24.3 Å². The van der Waals surface area contributed by atoms with E-state index < -0.39 is 17.2 Å². The molecule has 5 saturated heterocycles. The SMILES string of the molecule is CC=C(CCO)C(=O)O[C@@]1(C)CC=C2CSS[C@H]3C[C@H]4C(=O)C=C[C@H]5[C@H]([C@H]4[NH2+]C)[C@@H]3N5C(=O)CC3C[NH2+]C(N)CC3[C@H]2[C@@]12CC1CC3CCC(=O)OC3CC1O2. The van der Waals surface area contributed by atoms with E-state index in [1.165, 1.54) is 5.57 Å². The number of aliphatic hydroxyl groups is 1. The number of piperidine rings is 1. The van der Waals surface area contributed by atoms with Gasteiger partial charge < -0.3 is 34.9 Å². The number of carbonyl (C=O) groups is 4. The number of ketones is 1. The molecule has 2 bridgehead atoms. The smallest absolute Gasteiger partial charge is 0.334 e. The van der Waals surface area contributed by atoms with Gasteiger partial charge in [0, 0.05) is 73.5 Å². The second-order valence-electron chi connectivity index (χ2n) is 18.4. The van der Waals surface area contributed by atoms with Crippen LogP contribution in [0.4, 0.5) is 0 Å². The molecular weight excluding hydrogens is 753 g/mol. The Labute approximate surface area is 337 Å². The number of amides is 1. The zero-order valence-electron chi connectivity index (χ0n) is 32.9. The maximum absolute atomic E-state index is 14.9. The first kappa shape index (κ1) is 39.3. The molecule has 9 aliphatic rings. The van der Waals surface area contributed by atoms with Crippen LogP contribution >= 0.6 is 21.6 Å². The van der Waals surface area contributed by atoms with Gasteiger partial charge in [0.25, 0.3) is 0 Å². The van der Waals surface area contributed by atoms with Gasteiger partial charge >= 0.3 is 11.9 Å². The van der Waals surface area contributed by atoms with Crippen molar-refractivity contribution in [2.75, 3.05) is 26.0 Å². The van der Waals surface area contributed by atoms with Crippen LogP contribution in [0.5, 0.6) is 0 Å². The number of fused-ring (bicyclic) bond motifs is 8. The number of carbonyl (C=O) groups excluding carboxylic acids is 4. The van der Waals surface area contributed by atoms with E-state index in [1.807, 2.05) is 34.6 Å². The van der Waals surface area contributed by atoms with Crippen LogP contribution in [0.1, 0.15) is 78.1 Å². The molecule has 306 valence electrons. The van der Waals surface area contributed by atoms with Gasteiger partial charge in [0.2, 0.25) is 5.91 Å². The molecule has 0 radical (unpaired) electrons. The molecule has 1 amide bonds. The summed E-state index contributed by atoms with van der Waals surface area (Å²) in [6, 6.07) is 0.182. The summed E-state index contributed by atoms with van der Waals surface area (Å²) in [5.41, 5.74) is 6.59. The van der Waals surface area contributed by atoms with Gasteiger partial charge in [-0.25, -0.2) is 4.79 Å². The first-order valence-corrected chi connectivity index (χ1v) is 23.6. The molecule has 5 heterocycles. The van der Waals surface area contributed by atoms with Crippen molar-refractivity contribution in [3.8, 4) is 0 Å². The molecule has 0 aromatic rings. The van der Waals surface area contributed by atoms with Crippen molar-refractivity contribution >= 4 is 45.2 Å². The number of hydrogen-bond acceptors (Lipinski definition) is 11. The molecule has 56 heavy (non-hydrogen) atoms. The molecule has 5 aliphatic heterocycles. The predicted octanol–water partition coefficient (Wildman–Crippen LogP) is 1.38. The Bertz CT molecular complexity index is 1720. The highest BCUT2D eigenvalue weighted by atomic mass is 33.1. The fourth-order valence-corrected chi connectivity index (χ4v) is 16.3. The lowest BCUT2D eigenvalue weighted by Crippen LogP contribution is -2.96. The lowest BCUT2D eigenvalue weighted by atomic mass is 9.56. The third-order valence-electron chi connectivity index (χ3n) is 15.8. The predicted molar refractivity (Wildman–Crippen MR) is 210 cm³/mol. The van der Waals surface area contributed by atoms with E-state index in [-0.39, 0.29) is 114 Å². The molecule has 16 atom stereocenters. The van der Waals surface area contributed by atoms with Crippen LogP contribution in [-0.2, 0) is 33.4 Å². The average molecular weight is 813 g/mol. The molecule has 0 aromatic heterocycles. The van der Waals surface area contributed by atoms with Gasteiger partial charge in [-0.3, -0.25) is 20.1 Å². The highest BCUT2D eigenvalue weighted by molar-refractivity contribution is 8.77. The maximum Gasteiger partial charge on any atom is 0.334 e. The van der Waals surface area contributed by atoms with Crippen LogP contribution in [0.3, 0.4) is 0 Å². The van der Waals surface area contributed by atoms with Crippen LogP contribution in [0.2, 0.25) is 0 Å². The lowest BCUT2D eigenvalue weighted by Gasteiger charge is -2.61. The van der Waals surface area contributed by atoms with Gasteiger partial charge in [-0.1, -0.05) is 45.4 Å². The van der Waals surface area contributed by atoms with E-state index in [4.69, 9.17) is 19.9 Å². The Morgan fingerprint density at radius 1 is 1.18 bits per heavy atom. The number of hydrogen-bond donors (Lipinski definition) is 4. The van der Waals surface area contributed by atoms with Crippen molar-refractivity contribution in [3.05, 3.63) is 35.5 Å². The summed E-state index contributed by atoms with van der Waals surface area (Å²) in [6.45, 7) is 4.39. The Morgan fingerprint density at radius 2 is 2.02 bits per heavy atom. The molecule has 4 aliphatic carbocycles. The minimum Gasteiger partial charge on any atom is -0.462 e. The summed E-state index contributed by atoms with van der Waals surface area (Å²) >= 11 is 0. The van der Waals surface area contributed by atoms with Gasteiger partial charge in [0.15, 0.2) is 5.78 Å². The molecule has 1 spiro atoms. The van der Waals surface area contributed by atoms with Crippen LogP contribution in [0, 0.1) is 41.4 Å². The lowest BCUT2D eigenvalue weighted by molar-refractivity contribution is -0.706. The number of nitrogens with two attached hydrogens (primary N) is 3. The maximum atomic E-state index is 14.9. The summed E-state index contributed by atoms with van der Waals surface area (Å²) in [6.07, 6.45) is 13.3. The van der Waals surface area contributed by atoms with Gasteiger partial charge in [-0.05, 0) is 63.4 Å². The van der Waals surface area contributed by atoms with E-state index in [1.54, 1.807) is 19.1 Å². The van der Waals surface area contributed by atoms with Gasteiger partial charge in [0.1, 0.15) is 29.5 Å². The third kappa shape index (κ3) is 6.29.